The summed E-state index contributed by atoms with van der Waals surface area (Å²) >= 11 is 0. The first-order valence-electron chi connectivity index (χ1n) is 8.04. The van der Waals surface area contributed by atoms with E-state index in [9.17, 15) is 9.18 Å². The third kappa shape index (κ3) is 3.32. The third-order valence-electron chi connectivity index (χ3n) is 4.30. The van der Waals surface area contributed by atoms with E-state index in [0.29, 0.717) is 30.9 Å². The molecule has 3 aromatic rings. The van der Waals surface area contributed by atoms with Gasteiger partial charge in [-0.2, -0.15) is 4.39 Å². The van der Waals surface area contributed by atoms with Crippen molar-refractivity contribution in [1.82, 2.24) is 24.8 Å². The van der Waals surface area contributed by atoms with Crippen LogP contribution in [0.5, 0.6) is 0 Å². The maximum absolute atomic E-state index is 12.9. The van der Waals surface area contributed by atoms with Gasteiger partial charge in [0.25, 0.3) is 5.56 Å². The van der Waals surface area contributed by atoms with Gasteiger partial charge in [-0.15, -0.1) is 0 Å². The average Bonchev–Trinajstić information content (AvgIpc) is 2.65. The van der Waals surface area contributed by atoms with Gasteiger partial charge in [-0.25, -0.2) is 9.97 Å². The van der Waals surface area contributed by atoms with Crippen molar-refractivity contribution in [2.24, 2.45) is 0 Å². The minimum atomic E-state index is -0.489. The van der Waals surface area contributed by atoms with Crippen molar-refractivity contribution in [3.05, 3.63) is 76.0 Å². The first kappa shape index (κ1) is 15.6. The number of hydrogen-bond donors (Lipinski definition) is 1. The van der Waals surface area contributed by atoms with E-state index in [-0.39, 0.29) is 5.56 Å². The zero-order valence-corrected chi connectivity index (χ0v) is 13.4. The van der Waals surface area contributed by atoms with Crippen molar-refractivity contribution in [1.29, 1.82) is 0 Å². The highest BCUT2D eigenvalue weighted by molar-refractivity contribution is 5.54. The van der Waals surface area contributed by atoms with Crippen LogP contribution in [0.3, 0.4) is 0 Å². The summed E-state index contributed by atoms with van der Waals surface area (Å²) in [5.74, 6) is 0.0827. The zero-order chi connectivity index (χ0) is 17.2. The first-order chi connectivity index (χ1) is 12.2. The van der Waals surface area contributed by atoms with E-state index in [1.54, 1.807) is 18.5 Å². The van der Waals surface area contributed by atoms with E-state index >= 15 is 0 Å². The minimum Gasteiger partial charge on any atom is -0.306 e. The summed E-state index contributed by atoms with van der Waals surface area (Å²) < 4.78 is 12.9. The number of H-pyrrole nitrogens is 1. The normalized spacial score (nSPS) is 14.3. The van der Waals surface area contributed by atoms with E-state index in [1.807, 2.05) is 12.1 Å². The second-order valence-electron chi connectivity index (χ2n) is 6.03. The van der Waals surface area contributed by atoms with Crippen LogP contribution in [0, 0.1) is 5.95 Å². The standard InChI is InChI=1S/C18H16FN5O/c19-16-2-1-12(9-21-16)10-24-8-5-15-14(11-24)18(25)23-17(22-15)13-3-6-20-7-4-13/h1-4,6-7,9H,5,8,10-11H2,(H,22,23,25). The Labute approximate surface area is 143 Å². The molecular formula is C18H16FN5O. The van der Waals surface area contributed by atoms with Crippen LogP contribution in [0.25, 0.3) is 11.4 Å². The molecule has 3 aromatic heterocycles. The number of rotatable bonds is 3. The molecule has 0 fully saturated rings. The van der Waals surface area contributed by atoms with Crippen molar-refractivity contribution in [2.45, 2.75) is 19.5 Å². The Hall–Kier alpha value is -2.93. The fourth-order valence-corrected chi connectivity index (χ4v) is 3.02. The molecule has 0 amide bonds. The van der Waals surface area contributed by atoms with Crippen molar-refractivity contribution >= 4 is 0 Å². The van der Waals surface area contributed by atoms with Crippen LogP contribution in [0.4, 0.5) is 4.39 Å². The predicted molar refractivity (Wildman–Crippen MR) is 90.1 cm³/mol. The monoisotopic (exact) mass is 337 g/mol. The fourth-order valence-electron chi connectivity index (χ4n) is 3.02. The molecule has 0 spiro atoms. The SMILES string of the molecule is O=c1[nH]c(-c2ccncc2)nc2c1CN(Cc1ccc(F)nc1)CC2. The van der Waals surface area contributed by atoms with Crippen LogP contribution >= 0.6 is 0 Å². The van der Waals surface area contributed by atoms with Gasteiger partial charge in [0.05, 0.1) is 11.3 Å². The summed E-state index contributed by atoms with van der Waals surface area (Å²) in [5, 5.41) is 0. The summed E-state index contributed by atoms with van der Waals surface area (Å²) in [7, 11) is 0. The topological polar surface area (TPSA) is 74.8 Å². The molecule has 4 rings (SSSR count). The molecule has 126 valence electrons. The molecule has 0 saturated carbocycles. The van der Waals surface area contributed by atoms with Gasteiger partial charge in [-0.3, -0.25) is 14.7 Å². The summed E-state index contributed by atoms with van der Waals surface area (Å²) in [4.78, 5) is 29.8. The van der Waals surface area contributed by atoms with Crippen molar-refractivity contribution in [2.75, 3.05) is 6.54 Å². The van der Waals surface area contributed by atoms with E-state index in [2.05, 4.69) is 24.8 Å². The van der Waals surface area contributed by atoms with E-state index in [1.165, 1.54) is 12.3 Å². The van der Waals surface area contributed by atoms with Crippen molar-refractivity contribution in [3.63, 3.8) is 0 Å². The number of nitrogens with one attached hydrogen (secondary N) is 1. The van der Waals surface area contributed by atoms with Crippen LogP contribution in [0.1, 0.15) is 16.8 Å². The van der Waals surface area contributed by atoms with Gasteiger partial charge in [0, 0.05) is 50.2 Å². The van der Waals surface area contributed by atoms with Gasteiger partial charge < -0.3 is 4.98 Å². The van der Waals surface area contributed by atoms with E-state index in [4.69, 9.17) is 0 Å². The van der Waals surface area contributed by atoms with Crippen LogP contribution in [0.2, 0.25) is 0 Å². The molecule has 0 unspecified atom stereocenters. The highest BCUT2D eigenvalue weighted by Crippen LogP contribution is 2.19. The van der Waals surface area contributed by atoms with Crippen molar-refractivity contribution < 1.29 is 4.39 Å². The Morgan fingerprint density at radius 2 is 2.04 bits per heavy atom. The number of aromatic nitrogens is 4. The summed E-state index contributed by atoms with van der Waals surface area (Å²) in [5.41, 5.74) is 3.18. The van der Waals surface area contributed by atoms with Gasteiger partial charge in [-0.1, -0.05) is 6.07 Å². The lowest BCUT2D eigenvalue weighted by Crippen LogP contribution is -2.35. The molecule has 6 nitrogen and oxygen atoms in total. The smallest absolute Gasteiger partial charge is 0.255 e. The largest absolute Gasteiger partial charge is 0.306 e. The predicted octanol–water partition coefficient (Wildman–Crippen LogP) is 1.92. The third-order valence-corrected chi connectivity index (χ3v) is 4.30. The fraction of sp³-hybridized carbons (Fsp3) is 0.222. The molecular weight excluding hydrogens is 321 g/mol. The van der Waals surface area contributed by atoms with Gasteiger partial charge in [0.15, 0.2) is 0 Å². The van der Waals surface area contributed by atoms with Gasteiger partial charge in [0.2, 0.25) is 5.95 Å². The lowest BCUT2D eigenvalue weighted by Gasteiger charge is -2.27. The van der Waals surface area contributed by atoms with Crippen LogP contribution < -0.4 is 5.56 Å². The van der Waals surface area contributed by atoms with Crippen LogP contribution in [0.15, 0.2) is 47.7 Å². The molecule has 25 heavy (non-hydrogen) atoms. The highest BCUT2D eigenvalue weighted by Gasteiger charge is 2.21. The molecule has 0 saturated heterocycles. The van der Waals surface area contributed by atoms with E-state index in [0.717, 1.165) is 23.4 Å². The zero-order valence-electron chi connectivity index (χ0n) is 13.4. The van der Waals surface area contributed by atoms with Crippen LogP contribution in [-0.2, 0) is 19.5 Å². The van der Waals surface area contributed by atoms with Gasteiger partial charge >= 0.3 is 0 Å². The summed E-state index contributed by atoms with van der Waals surface area (Å²) in [6.07, 6.45) is 5.58. The molecule has 1 aliphatic rings. The number of hydrogen-bond acceptors (Lipinski definition) is 5. The number of fused-ring (bicyclic) bond motifs is 1. The molecule has 1 aliphatic heterocycles. The van der Waals surface area contributed by atoms with Crippen LogP contribution in [-0.4, -0.2) is 31.4 Å². The quantitative estimate of drug-likeness (QED) is 0.739. The summed E-state index contributed by atoms with van der Waals surface area (Å²) in [6, 6.07) is 6.71. The molecule has 7 heteroatoms. The molecule has 0 radical (unpaired) electrons. The Kier molecular flexibility index (Phi) is 4.07. The molecule has 1 N–H and O–H groups in total. The lowest BCUT2D eigenvalue weighted by molar-refractivity contribution is 0.241. The Morgan fingerprint density at radius 1 is 1.20 bits per heavy atom. The average molecular weight is 337 g/mol. The first-order valence-corrected chi connectivity index (χ1v) is 8.04. The molecule has 0 atom stereocenters. The number of aromatic amines is 1. The summed E-state index contributed by atoms with van der Waals surface area (Å²) in [6.45, 7) is 1.93. The molecule has 0 aromatic carbocycles. The number of pyridine rings is 2. The Balaban J connectivity index is 1.57. The number of halogens is 1. The molecule has 0 aliphatic carbocycles. The van der Waals surface area contributed by atoms with Gasteiger partial charge in [0.1, 0.15) is 5.82 Å². The lowest BCUT2D eigenvalue weighted by atomic mass is 10.1. The highest BCUT2D eigenvalue weighted by atomic mass is 19.1. The minimum absolute atomic E-state index is 0.112. The molecule has 0 bridgehead atoms. The second-order valence-corrected chi connectivity index (χ2v) is 6.03. The second kappa shape index (κ2) is 6.52. The van der Waals surface area contributed by atoms with Crippen molar-refractivity contribution in [3.8, 4) is 11.4 Å². The maximum Gasteiger partial charge on any atom is 0.255 e. The number of nitrogens with zero attached hydrogens (tertiary/aromatic N) is 4. The van der Waals surface area contributed by atoms with Gasteiger partial charge in [-0.05, 0) is 23.8 Å². The van der Waals surface area contributed by atoms with E-state index < -0.39 is 5.95 Å². The Bertz CT molecular complexity index is 940. The maximum atomic E-state index is 12.9. The molecule has 4 heterocycles. The Morgan fingerprint density at radius 3 is 2.80 bits per heavy atom.